The number of aromatic nitrogens is 1. The molecule has 4 atom stereocenters. The van der Waals surface area contributed by atoms with E-state index in [0.29, 0.717) is 24.5 Å². The number of hydrogen-bond acceptors (Lipinski definition) is 4. The summed E-state index contributed by atoms with van der Waals surface area (Å²) in [6.07, 6.45) is 4.47. The first-order valence-electron chi connectivity index (χ1n) is 7.62. The molecule has 21 heavy (non-hydrogen) atoms. The maximum absolute atomic E-state index is 10.3. The molecule has 0 aliphatic carbocycles. The largest absolute Gasteiger partial charge is 0.388 e. The van der Waals surface area contributed by atoms with Gasteiger partial charge in [-0.3, -0.25) is 0 Å². The van der Waals surface area contributed by atoms with Gasteiger partial charge >= 0.3 is 0 Å². The van der Waals surface area contributed by atoms with Crippen LogP contribution in [-0.4, -0.2) is 22.3 Å². The number of nitrogens with zero attached hydrogens (tertiary/aromatic N) is 1. The van der Waals surface area contributed by atoms with Crippen molar-refractivity contribution in [2.24, 2.45) is 0 Å². The van der Waals surface area contributed by atoms with Gasteiger partial charge in [-0.15, -0.1) is 11.3 Å². The summed E-state index contributed by atoms with van der Waals surface area (Å²) in [5.74, 6) is 0.483. The minimum absolute atomic E-state index is 0.382. The summed E-state index contributed by atoms with van der Waals surface area (Å²) < 4.78 is 5.92. The lowest BCUT2D eigenvalue weighted by atomic mass is 9.90. The highest BCUT2D eigenvalue weighted by atomic mass is 32.1. The van der Waals surface area contributed by atoms with E-state index in [9.17, 15) is 5.11 Å². The maximum atomic E-state index is 10.3. The lowest BCUT2D eigenvalue weighted by molar-refractivity contribution is 0.100. The summed E-state index contributed by atoms with van der Waals surface area (Å²) in [5, 5.41) is 13.6. The van der Waals surface area contributed by atoms with Gasteiger partial charge in [0.25, 0.3) is 0 Å². The van der Waals surface area contributed by atoms with E-state index in [1.807, 2.05) is 30.3 Å². The number of benzene rings is 1. The molecule has 2 aliphatic rings. The molecule has 2 fully saturated rings. The first-order chi connectivity index (χ1) is 10.3. The fourth-order valence-corrected chi connectivity index (χ4v) is 4.47. The molecule has 4 unspecified atom stereocenters. The lowest BCUT2D eigenvalue weighted by Crippen LogP contribution is -2.14. The van der Waals surface area contributed by atoms with Crippen molar-refractivity contribution in [3.8, 4) is 0 Å². The highest BCUT2D eigenvalue weighted by molar-refractivity contribution is 7.09. The predicted molar refractivity (Wildman–Crippen MR) is 82.5 cm³/mol. The van der Waals surface area contributed by atoms with Gasteiger partial charge in [-0.1, -0.05) is 30.3 Å². The zero-order chi connectivity index (χ0) is 14.2. The lowest BCUT2D eigenvalue weighted by Gasteiger charge is -2.15. The zero-order valence-corrected chi connectivity index (χ0v) is 12.6. The number of aliphatic hydroxyl groups excluding tert-OH is 1. The number of thiazole rings is 1. The molecular weight excluding hydrogens is 282 g/mol. The van der Waals surface area contributed by atoms with Crippen LogP contribution < -0.4 is 0 Å². The van der Waals surface area contributed by atoms with Crippen LogP contribution in [0.4, 0.5) is 0 Å². The molecule has 2 saturated heterocycles. The average molecular weight is 301 g/mol. The van der Waals surface area contributed by atoms with E-state index >= 15 is 0 Å². The fourth-order valence-electron chi connectivity index (χ4n) is 3.48. The van der Waals surface area contributed by atoms with Crippen molar-refractivity contribution >= 4 is 11.3 Å². The Kier molecular flexibility index (Phi) is 3.53. The molecule has 4 rings (SSSR count). The smallest absolute Gasteiger partial charge is 0.0986 e. The van der Waals surface area contributed by atoms with Gasteiger partial charge in [-0.05, 0) is 24.8 Å². The Balaban J connectivity index is 1.45. The van der Waals surface area contributed by atoms with Crippen LogP contribution in [0.15, 0.2) is 35.7 Å². The highest BCUT2D eigenvalue weighted by Crippen LogP contribution is 2.45. The predicted octanol–water partition coefficient (Wildman–Crippen LogP) is 3.45. The second-order valence-electron chi connectivity index (χ2n) is 6.02. The van der Waals surface area contributed by atoms with Gasteiger partial charge in [0.15, 0.2) is 0 Å². The Labute approximate surface area is 128 Å². The molecule has 4 heteroatoms. The first-order valence-corrected chi connectivity index (χ1v) is 8.50. The third kappa shape index (κ3) is 2.63. The molecule has 1 N–H and O–H groups in total. The van der Waals surface area contributed by atoms with Gasteiger partial charge in [0.05, 0.1) is 29.0 Å². The Morgan fingerprint density at radius 1 is 1.29 bits per heavy atom. The number of ether oxygens (including phenoxy) is 1. The number of rotatable bonds is 4. The van der Waals surface area contributed by atoms with Crippen molar-refractivity contribution in [2.45, 2.75) is 49.9 Å². The van der Waals surface area contributed by atoms with Gasteiger partial charge < -0.3 is 9.84 Å². The van der Waals surface area contributed by atoms with Gasteiger partial charge in [0.1, 0.15) is 0 Å². The molecule has 3 heterocycles. The standard InChI is InChI=1S/C17H19NO2S/c19-15(11-4-2-1-3-5-11)8-12-10-21-17(18-12)14-9-13-6-7-16(14)20-13/h1-5,10,13-16,19H,6-9H2. The molecule has 1 aromatic carbocycles. The molecule has 2 aromatic rings. The second kappa shape index (κ2) is 5.52. The van der Waals surface area contributed by atoms with E-state index in [4.69, 9.17) is 9.72 Å². The van der Waals surface area contributed by atoms with E-state index in [2.05, 4.69) is 5.38 Å². The van der Waals surface area contributed by atoms with E-state index < -0.39 is 6.10 Å². The zero-order valence-electron chi connectivity index (χ0n) is 11.8. The molecule has 3 nitrogen and oxygen atoms in total. The van der Waals surface area contributed by atoms with Crippen LogP contribution in [0.5, 0.6) is 0 Å². The summed E-state index contributed by atoms with van der Waals surface area (Å²) in [7, 11) is 0. The quantitative estimate of drug-likeness (QED) is 0.940. The van der Waals surface area contributed by atoms with Crippen molar-refractivity contribution in [1.82, 2.24) is 4.98 Å². The van der Waals surface area contributed by atoms with Crippen LogP contribution in [0, 0.1) is 0 Å². The summed E-state index contributed by atoms with van der Waals surface area (Å²) >= 11 is 1.72. The first kappa shape index (κ1) is 13.4. The van der Waals surface area contributed by atoms with Gasteiger partial charge in [-0.25, -0.2) is 4.98 Å². The number of fused-ring (bicyclic) bond motifs is 2. The molecule has 0 saturated carbocycles. The molecule has 2 aliphatic heterocycles. The van der Waals surface area contributed by atoms with E-state index in [0.717, 1.165) is 17.7 Å². The molecule has 110 valence electrons. The summed E-state index contributed by atoms with van der Waals surface area (Å²) in [6, 6.07) is 9.80. The maximum Gasteiger partial charge on any atom is 0.0986 e. The molecule has 2 bridgehead atoms. The van der Waals surface area contributed by atoms with Crippen LogP contribution in [0.2, 0.25) is 0 Å². The normalized spacial score (nSPS) is 28.9. The van der Waals surface area contributed by atoms with Crippen molar-refractivity contribution in [3.63, 3.8) is 0 Å². The van der Waals surface area contributed by atoms with Crippen LogP contribution in [0.1, 0.15) is 47.5 Å². The number of aliphatic hydroxyl groups is 1. The van der Waals surface area contributed by atoms with Crippen LogP contribution in [0.3, 0.4) is 0 Å². The third-order valence-electron chi connectivity index (χ3n) is 4.58. The number of hydrogen-bond donors (Lipinski definition) is 1. The highest BCUT2D eigenvalue weighted by Gasteiger charge is 2.42. The van der Waals surface area contributed by atoms with Gasteiger partial charge in [0, 0.05) is 17.7 Å². The van der Waals surface area contributed by atoms with Crippen molar-refractivity contribution < 1.29 is 9.84 Å². The SMILES string of the molecule is OC(Cc1csc(C2CC3CCC2O3)n1)c1ccccc1. The minimum Gasteiger partial charge on any atom is -0.388 e. The molecule has 0 radical (unpaired) electrons. The molecule has 0 spiro atoms. The molecular formula is C17H19NO2S. The third-order valence-corrected chi connectivity index (χ3v) is 5.61. The van der Waals surface area contributed by atoms with Crippen LogP contribution in [-0.2, 0) is 11.2 Å². The fraction of sp³-hybridized carbons (Fsp3) is 0.471. The van der Waals surface area contributed by atoms with Crippen molar-refractivity contribution in [1.29, 1.82) is 0 Å². The summed E-state index contributed by atoms with van der Waals surface area (Å²) in [5.41, 5.74) is 1.95. The van der Waals surface area contributed by atoms with Gasteiger partial charge in [-0.2, -0.15) is 0 Å². The minimum atomic E-state index is -0.475. The average Bonchev–Trinajstić information content (AvgIpc) is 3.24. The van der Waals surface area contributed by atoms with Crippen LogP contribution in [0.25, 0.3) is 0 Å². The molecule has 0 amide bonds. The Morgan fingerprint density at radius 2 is 2.14 bits per heavy atom. The Hall–Kier alpha value is -1.23. The Morgan fingerprint density at radius 3 is 2.86 bits per heavy atom. The topological polar surface area (TPSA) is 42.4 Å². The summed E-state index contributed by atoms with van der Waals surface area (Å²) in [6.45, 7) is 0. The Bertz CT molecular complexity index is 612. The summed E-state index contributed by atoms with van der Waals surface area (Å²) in [4.78, 5) is 4.76. The van der Waals surface area contributed by atoms with Gasteiger partial charge in [0.2, 0.25) is 0 Å². The van der Waals surface area contributed by atoms with E-state index in [1.165, 1.54) is 17.8 Å². The van der Waals surface area contributed by atoms with Crippen LogP contribution >= 0.6 is 11.3 Å². The van der Waals surface area contributed by atoms with Crippen molar-refractivity contribution in [2.75, 3.05) is 0 Å². The van der Waals surface area contributed by atoms with Crippen molar-refractivity contribution in [3.05, 3.63) is 52.0 Å². The van der Waals surface area contributed by atoms with E-state index in [1.54, 1.807) is 11.3 Å². The molecule has 1 aromatic heterocycles. The van der Waals surface area contributed by atoms with E-state index in [-0.39, 0.29) is 0 Å². The monoisotopic (exact) mass is 301 g/mol. The second-order valence-corrected chi connectivity index (χ2v) is 6.91.